The molecule has 0 radical (unpaired) electrons. The largest absolute Gasteiger partial charge is 0.385 e. The van der Waals surface area contributed by atoms with Crippen molar-refractivity contribution < 1.29 is 13.2 Å². The molecule has 0 bridgehead atoms. The Hall–Kier alpha value is -1.22. The van der Waals surface area contributed by atoms with Crippen molar-refractivity contribution >= 4 is 33.0 Å². The summed E-state index contributed by atoms with van der Waals surface area (Å²) >= 11 is 5.08. The lowest BCUT2D eigenvalue weighted by Gasteiger charge is -2.10. The Bertz CT molecular complexity index is 532. The van der Waals surface area contributed by atoms with Crippen LogP contribution in [-0.4, -0.2) is 33.8 Å². The Kier molecular flexibility index (Phi) is 6.16. The van der Waals surface area contributed by atoms with Crippen molar-refractivity contribution in [2.45, 2.75) is 11.3 Å². The number of primary sulfonamides is 1. The van der Waals surface area contributed by atoms with E-state index in [9.17, 15) is 8.42 Å². The van der Waals surface area contributed by atoms with E-state index in [1.54, 1.807) is 19.2 Å². The Morgan fingerprint density at radius 3 is 2.84 bits per heavy atom. The molecular formula is C11H17N3O3S2. The third-order valence-electron chi connectivity index (χ3n) is 2.23. The van der Waals surface area contributed by atoms with Crippen molar-refractivity contribution in [2.75, 3.05) is 25.6 Å². The van der Waals surface area contributed by atoms with E-state index in [1.165, 1.54) is 12.1 Å². The van der Waals surface area contributed by atoms with Crippen LogP contribution >= 0.6 is 12.2 Å². The number of methoxy groups -OCH3 is 1. The van der Waals surface area contributed by atoms with Gasteiger partial charge in [-0.1, -0.05) is 6.07 Å². The van der Waals surface area contributed by atoms with Gasteiger partial charge < -0.3 is 15.4 Å². The number of rotatable bonds is 6. The molecule has 0 fully saturated rings. The molecule has 4 N–H and O–H groups in total. The number of hydrogen-bond donors (Lipinski definition) is 3. The van der Waals surface area contributed by atoms with Crippen LogP contribution in [0.4, 0.5) is 5.69 Å². The molecule has 8 heteroatoms. The molecular weight excluding hydrogens is 286 g/mol. The van der Waals surface area contributed by atoms with Crippen LogP contribution in [0.25, 0.3) is 0 Å². The Labute approximate surface area is 118 Å². The van der Waals surface area contributed by atoms with Gasteiger partial charge in [0, 0.05) is 25.9 Å². The number of sulfonamides is 1. The van der Waals surface area contributed by atoms with Gasteiger partial charge in [-0.05, 0) is 36.8 Å². The smallest absolute Gasteiger partial charge is 0.238 e. The molecule has 0 aliphatic heterocycles. The Morgan fingerprint density at radius 2 is 2.21 bits per heavy atom. The summed E-state index contributed by atoms with van der Waals surface area (Å²) in [5, 5.41) is 11.3. The number of anilines is 1. The second kappa shape index (κ2) is 7.39. The van der Waals surface area contributed by atoms with Crippen molar-refractivity contribution in [1.82, 2.24) is 5.32 Å². The molecule has 106 valence electrons. The molecule has 0 atom stereocenters. The number of benzene rings is 1. The monoisotopic (exact) mass is 303 g/mol. The summed E-state index contributed by atoms with van der Waals surface area (Å²) in [6, 6.07) is 6.15. The van der Waals surface area contributed by atoms with Gasteiger partial charge in [-0.25, -0.2) is 13.6 Å². The predicted octanol–water partition coefficient (Wildman–Crippen LogP) is 0.657. The summed E-state index contributed by atoms with van der Waals surface area (Å²) in [6.07, 6.45) is 0.829. The van der Waals surface area contributed by atoms with Crippen molar-refractivity contribution in [3.63, 3.8) is 0 Å². The van der Waals surface area contributed by atoms with Gasteiger partial charge in [0.05, 0.1) is 4.90 Å². The van der Waals surface area contributed by atoms with Gasteiger partial charge in [0.2, 0.25) is 10.0 Å². The summed E-state index contributed by atoms with van der Waals surface area (Å²) in [4.78, 5) is 0.0414. The van der Waals surface area contributed by atoms with Gasteiger partial charge in [0.25, 0.3) is 0 Å². The molecule has 19 heavy (non-hydrogen) atoms. The van der Waals surface area contributed by atoms with Crippen LogP contribution in [0.15, 0.2) is 29.2 Å². The van der Waals surface area contributed by atoms with Crippen LogP contribution in [0, 0.1) is 0 Å². The first kappa shape index (κ1) is 15.8. The first-order valence-corrected chi connectivity index (χ1v) is 7.55. The van der Waals surface area contributed by atoms with E-state index in [2.05, 4.69) is 10.6 Å². The number of hydrogen-bond acceptors (Lipinski definition) is 4. The molecule has 0 spiro atoms. The topological polar surface area (TPSA) is 93.4 Å². The number of thiocarbonyl (C=S) groups is 1. The fraction of sp³-hybridized carbons (Fsp3) is 0.364. The van der Waals surface area contributed by atoms with E-state index in [0.717, 1.165) is 6.42 Å². The average molecular weight is 303 g/mol. The third-order valence-corrected chi connectivity index (χ3v) is 3.39. The zero-order chi connectivity index (χ0) is 14.3. The zero-order valence-corrected chi connectivity index (χ0v) is 12.2. The molecule has 0 saturated heterocycles. The maximum atomic E-state index is 11.2. The summed E-state index contributed by atoms with van der Waals surface area (Å²) in [7, 11) is -2.07. The fourth-order valence-corrected chi connectivity index (χ4v) is 2.12. The molecule has 0 heterocycles. The second-order valence-electron chi connectivity index (χ2n) is 3.80. The van der Waals surface area contributed by atoms with Gasteiger partial charge in [-0.3, -0.25) is 0 Å². The van der Waals surface area contributed by atoms with Gasteiger partial charge in [0.1, 0.15) is 0 Å². The molecule has 0 aliphatic carbocycles. The molecule has 0 aromatic heterocycles. The van der Waals surface area contributed by atoms with Gasteiger partial charge in [0.15, 0.2) is 5.11 Å². The average Bonchev–Trinajstić information content (AvgIpc) is 2.34. The number of nitrogens with one attached hydrogen (secondary N) is 2. The number of ether oxygens (including phenoxy) is 1. The lowest BCUT2D eigenvalue weighted by molar-refractivity contribution is 0.196. The normalized spacial score (nSPS) is 11.1. The van der Waals surface area contributed by atoms with E-state index in [0.29, 0.717) is 24.0 Å². The van der Waals surface area contributed by atoms with Crippen LogP contribution in [0.3, 0.4) is 0 Å². The first-order valence-electron chi connectivity index (χ1n) is 5.60. The first-order chi connectivity index (χ1) is 8.93. The maximum Gasteiger partial charge on any atom is 0.238 e. The summed E-state index contributed by atoms with van der Waals surface area (Å²) in [5.74, 6) is 0. The molecule has 0 saturated carbocycles. The molecule has 1 rings (SSSR count). The fourth-order valence-electron chi connectivity index (χ4n) is 1.34. The van der Waals surface area contributed by atoms with Crippen LogP contribution in [0.5, 0.6) is 0 Å². The van der Waals surface area contributed by atoms with Crippen molar-refractivity contribution in [1.29, 1.82) is 0 Å². The highest BCUT2D eigenvalue weighted by Crippen LogP contribution is 2.13. The molecule has 1 aromatic rings. The molecule has 0 amide bonds. The minimum Gasteiger partial charge on any atom is -0.385 e. The Balaban J connectivity index is 2.55. The van der Waals surface area contributed by atoms with E-state index < -0.39 is 10.0 Å². The van der Waals surface area contributed by atoms with Crippen LogP contribution in [0.1, 0.15) is 6.42 Å². The van der Waals surface area contributed by atoms with E-state index in [4.69, 9.17) is 22.1 Å². The van der Waals surface area contributed by atoms with Gasteiger partial charge in [-0.2, -0.15) is 0 Å². The summed E-state index contributed by atoms with van der Waals surface area (Å²) in [5.41, 5.74) is 0.566. The standard InChI is InChI=1S/C11H17N3O3S2/c1-17-7-3-6-13-11(18)14-9-4-2-5-10(8-9)19(12,15)16/h2,4-5,8H,3,6-7H2,1H3,(H2,12,15,16)(H2,13,14,18). The lowest BCUT2D eigenvalue weighted by atomic mass is 10.3. The zero-order valence-electron chi connectivity index (χ0n) is 10.5. The highest BCUT2D eigenvalue weighted by Gasteiger charge is 2.08. The number of nitrogens with two attached hydrogens (primary N) is 1. The summed E-state index contributed by atoms with van der Waals surface area (Å²) < 4.78 is 27.3. The molecule has 0 aliphatic rings. The van der Waals surface area contributed by atoms with Gasteiger partial charge in [-0.15, -0.1) is 0 Å². The Morgan fingerprint density at radius 1 is 1.47 bits per heavy atom. The SMILES string of the molecule is COCCCNC(=S)Nc1cccc(S(N)(=O)=O)c1. The van der Waals surface area contributed by atoms with Crippen molar-refractivity contribution in [3.8, 4) is 0 Å². The highest BCUT2D eigenvalue weighted by molar-refractivity contribution is 7.89. The van der Waals surface area contributed by atoms with Gasteiger partial charge >= 0.3 is 0 Å². The maximum absolute atomic E-state index is 11.2. The minimum absolute atomic E-state index is 0.0414. The second-order valence-corrected chi connectivity index (χ2v) is 5.77. The van der Waals surface area contributed by atoms with E-state index >= 15 is 0 Å². The molecule has 1 aromatic carbocycles. The highest BCUT2D eigenvalue weighted by atomic mass is 32.2. The quantitative estimate of drug-likeness (QED) is 0.528. The third kappa shape index (κ3) is 5.97. The molecule has 0 unspecified atom stereocenters. The van der Waals surface area contributed by atoms with E-state index in [1.807, 2.05) is 0 Å². The lowest BCUT2D eigenvalue weighted by Crippen LogP contribution is -2.29. The predicted molar refractivity (Wildman–Crippen MR) is 78.5 cm³/mol. The summed E-state index contributed by atoms with van der Waals surface area (Å²) in [6.45, 7) is 1.32. The van der Waals surface area contributed by atoms with Crippen LogP contribution in [0.2, 0.25) is 0 Å². The van der Waals surface area contributed by atoms with Crippen LogP contribution < -0.4 is 15.8 Å². The van der Waals surface area contributed by atoms with Crippen LogP contribution in [-0.2, 0) is 14.8 Å². The van der Waals surface area contributed by atoms with E-state index in [-0.39, 0.29) is 4.90 Å². The minimum atomic E-state index is -3.71. The van der Waals surface area contributed by atoms with Crippen molar-refractivity contribution in [2.24, 2.45) is 5.14 Å². The molecule has 6 nitrogen and oxygen atoms in total. The van der Waals surface area contributed by atoms with Crippen molar-refractivity contribution in [3.05, 3.63) is 24.3 Å².